The molecule has 2 aromatic rings. The average Bonchev–Trinajstić information content (AvgIpc) is 2.71. The van der Waals surface area contributed by atoms with Crippen molar-refractivity contribution in [3.05, 3.63) is 29.3 Å². The first-order valence-corrected chi connectivity index (χ1v) is 8.09. The molecule has 1 saturated heterocycles. The van der Waals surface area contributed by atoms with E-state index in [1.165, 1.54) is 0 Å². The monoisotopic (exact) mass is 278 g/mol. The lowest BCUT2D eigenvalue weighted by Crippen LogP contribution is -2.33. The van der Waals surface area contributed by atoms with Crippen LogP contribution < -0.4 is 0 Å². The number of para-hydroxylation sites is 1. The van der Waals surface area contributed by atoms with Gasteiger partial charge in [0.2, 0.25) is 0 Å². The molecule has 1 fully saturated rings. The molecule has 0 atom stereocenters. The summed E-state index contributed by atoms with van der Waals surface area (Å²) in [6.07, 6.45) is 1.09. The lowest BCUT2D eigenvalue weighted by atomic mass is 10.1. The number of hydrogen-bond acceptors (Lipinski definition) is 4. The highest BCUT2D eigenvalue weighted by Gasteiger charge is 2.20. The van der Waals surface area contributed by atoms with Crippen LogP contribution in [0.15, 0.2) is 23.7 Å². The SMILES string of the molecule is O=C(c1cccc2scnc12)N1CCCSCC1. The van der Waals surface area contributed by atoms with Crippen molar-refractivity contribution in [1.29, 1.82) is 0 Å². The first-order chi connectivity index (χ1) is 8.86. The molecule has 3 nitrogen and oxygen atoms in total. The number of nitrogens with zero attached hydrogens (tertiary/aromatic N) is 2. The van der Waals surface area contributed by atoms with Gasteiger partial charge in [-0.05, 0) is 24.3 Å². The lowest BCUT2D eigenvalue weighted by Gasteiger charge is -2.20. The number of thioether (sulfide) groups is 1. The van der Waals surface area contributed by atoms with Gasteiger partial charge in [-0.25, -0.2) is 4.98 Å². The molecule has 0 bridgehead atoms. The van der Waals surface area contributed by atoms with Crippen LogP contribution in [0.2, 0.25) is 0 Å². The summed E-state index contributed by atoms with van der Waals surface area (Å²) in [6.45, 7) is 1.72. The van der Waals surface area contributed by atoms with Crippen LogP contribution in [-0.4, -0.2) is 40.4 Å². The van der Waals surface area contributed by atoms with Crippen LogP contribution in [0.4, 0.5) is 0 Å². The third-order valence-electron chi connectivity index (χ3n) is 3.10. The van der Waals surface area contributed by atoms with Crippen LogP contribution in [0.3, 0.4) is 0 Å². The maximum Gasteiger partial charge on any atom is 0.256 e. The zero-order valence-corrected chi connectivity index (χ0v) is 11.6. The maximum absolute atomic E-state index is 12.5. The molecule has 2 heterocycles. The Labute approximate surface area is 114 Å². The highest BCUT2D eigenvalue weighted by molar-refractivity contribution is 7.99. The van der Waals surface area contributed by atoms with E-state index in [-0.39, 0.29) is 5.91 Å². The molecule has 0 spiro atoms. The fraction of sp³-hybridized carbons (Fsp3) is 0.385. The number of amides is 1. The number of carbonyl (C=O) groups is 1. The zero-order valence-electron chi connectivity index (χ0n) is 9.96. The second-order valence-electron chi connectivity index (χ2n) is 4.26. The highest BCUT2D eigenvalue weighted by atomic mass is 32.2. The second kappa shape index (κ2) is 5.28. The van der Waals surface area contributed by atoms with E-state index in [0.29, 0.717) is 0 Å². The number of thiazole rings is 1. The predicted octanol–water partition coefficient (Wildman–Crippen LogP) is 2.88. The summed E-state index contributed by atoms with van der Waals surface area (Å²) in [5.74, 6) is 2.33. The molecule has 0 aliphatic carbocycles. The van der Waals surface area contributed by atoms with Crippen LogP contribution in [-0.2, 0) is 0 Å². The van der Waals surface area contributed by atoms with Gasteiger partial charge in [-0.15, -0.1) is 11.3 Å². The molecule has 0 N–H and O–H groups in total. The molecule has 1 aliphatic heterocycles. The van der Waals surface area contributed by atoms with Crippen LogP contribution >= 0.6 is 23.1 Å². The van der Waals surface area contributed by atoms with Crippen LogP contribution in [0, 0.1) is 0 Å². The molecule has 1 aromatic carbocycles. The lowest BCUT2D eigenvalue weighted by molar-refractivity contribution is 0.0770. The van der Waals surface area contributed by atoms with Gasteiger partial charge < -0.3 is 4.90 Å². The summed E-state index contributed by atoms with van der Waals surface area (Å²) < 4.78 is 1.09. The van der Waals surface area contributed by atoms with Crippen LogP contribution in [0.5, 0.6) is 0 Å². The maximum atomic E-state index is 12.5. The van der Waals surface area contributed by atoms with Crippen molar-refractivity contribution >= 4 is 39.2 Å². The Hall–Kier alpha value is -1.07. The molecule has 1 aromatic heterocycles. The Kier molecular flexibility index (Phi) is 3.52. The summed E-state index contributed by atoms with van der Waals surface area (Å²) >= 11 is 3.51. The number of aromatic nitrogens is 1. The minimum absolute atomic E-state index is 0.133. The van der Waals surface area contributed by atoms with Crippen molar-refractivity contribution < 1.29 is 4.79 Å². The number of carbonyl (C=O) groups excluding carboxylic acids is 1. The second-order valence-corrected chi connectivity index (χ2v) is 6.37. The topological polar surface area (TPSA) is 33.2 Å². The highest BCUT2D eigenvalue weighted by Crippen LogP contribution is 2.23. The molecule has 1 aliphatic rings. The van der Waals surface area contributed by atoms with Gasteiger partial charge in [-0.3, -0.25) is 4.79 Å². The van der Waals surface area contributed by atoms with Crippen LogP contribution in [0.25, 0.3) is 10.2 Å². The van der Waals surface area contributed by atoms with Gasteiger partial charge in [0.05, 0.1) is 21.3 Å². The van der Waals surface area contributed by atoms with E-state index in [9.17, 15) is 4.79 Å². The molecule has 94 valence electrons. The molecule has 0 saturated carbocycles. The first-order valence-electron chi connectivity index (χ1n) is 6.05. The molecule has 0 radical (unpaired) electrons. The molecule has 18 heavy (non-hydrogen) atoms. The number of benzene rings is 1. The van der Waals surface area contributed by atoms with E-state index < -0.39 is 0 Å². The van der Waals surface area contributed by atoms with E-state index in [2.05, 4.69) is 4.98 Å². The van der Waals surface area contributed by atoms with Crippen molar-refractivity contribution in [2.75, 3.05) is 24.6 Å². The molecule has 3 rings (SSSR count). The van der Waals surface area contributed by atoms with Gasteiger partial charge in [-0.1, -0.05) is 6.07 Å². The average molecular weight is 278 g/mol. The minimum Gasteiger partial charge on any atom is -0.338 e. The van der Waals surface area contributed by atoms with Gasteiger partial charge >= 0.3 is 0 Å². The summed E-state index contributed by atoms with van der Waals surface area (Å²) in [7, 11) is 0. The van der Waals surface area contributed by atoms with E-state index in [1.807, 2.05) is 34.9 Å². The summed E-state index contributed by atoms with van der Waals surface area (Å²) in [4.78, 5) is 18.8. The Bertz CT molecular complexity index is 559. The van der Waals surface area contributed by atoms with Crippen molar-refractivity contribution in [2.45, 2.75) is 6.42 Å². The predicted molar refractivity (Wildman–Crippen MR) is 77.5 cm³/mol. The van der Waals surface area contributed by atoms with E-state index >= 15 is 0 Å². The van der Waals surface area contributed by atoms with Crippen molar-refractivity contribution in [2.24, 2.45) is 0 Å². The van der Waals surface area contributed by atoms with E-state index in [1.54, 1.807) is 16.8 Å². The van der Waals surface area contributed by atoms with Gasteiger partial charge in [0.1, 0.15) is 0 Å². The number of hydrogen-bond donors (Lipinski definition) is 0. The third-order valence-corrected chi connectivity index (χ3v) is 4.94. The molecule has 5 heteroatoms. The summed E-state index contributed by atoms with van der Waals surface area (Å²) in [5, 5.41) is 0. The van der Waals surface area contributed by atoms with Gasteiger partial charge in [-0.2, -0.15) is 11.8 Å². The first kappa shape index (κ1) is 12.0. The van der Waals surface area contributed by atoms with Crippen LogP contribution in [0.1, 0.15) is 16.8 Å². The molecular formula is C13H14N2OS2. The fourth-order valence-corrected chi connectivity index (χ4v) is 3.77. The quantitative estimate of drug-likeness (QED) is 0.804. The van der Waals surface area contributed by atoms with Gasteiger partial charge in [0, 0.05) is 18.8 Å². The Morgan fingerprint density at radius 2 is 2.22 bits per heavy atom. The zero-order chi connectivity index (χ0) is 12.4. The summed E-state index contributed by atoms with van der Waals surface area (Å²) in [5.41, 5.74) is 3.41. The largest absolute Gasteiger partial charge is 0.338 e. The van der Waals surface area contributed by atoms with E-state index in [0.717, 1.165) is 46.8 Å². The van der Waals surface area contributed by atoms with E-state index in [4.69, 9.17) is 0 Å². The Morgan fingerprint density at radius 1 is 1.28 bits per heavy atom. The van der Waals surface area contributed by atoms with Gasteiger partial charge in [0.15, 0.2) is 0 Å². The summed E-state index contributed by atoms with van der Waals surface area (Å²) in [6, 6.07) is 5.85. The third kappa shape index (κ3) is 2.24. The fourth-order valence-electron chi connectivity index (χ4n) is 2.18. The van der Waals surface area contributed by atoms with Crippen molar-refractivity contribution in [1.82, 2.24) is 9.88 Å². The van der Waals surface area contributed by atoms with Gasteiger partial charge in [0.25, 0.3) is 5.91 Å². The molecule has 1 amide bonds. The standard InChI is InChI=1S/C13H14N2OS2/c16-13(15-5-2-7-17-8-6-15)10-3-1-4-11-12(10)14-9-18-11/h1,3-4,9H,2,5-8H2. The van der Waals surface area contributed by atoms with Crippen molar-refractivity contribution in [3.63, 3.8) is 0 Å². The Balaban J connectivity index is 1.93. The smallest absolute Gasteiger partial charge is 0.256 e. The number of rotatable bonds is 1. The van der Waals surface area contributed by atoms with Crippen molar-refractivity contribution in [3.8, 4) is 0 Å². The minimum atomic E-state index is 0.133. The number of fused-ring (bicyclic) bond motifs is 1. The molecular weight excluding hydrogens is 264 g/mol. The Morgan fingerprint density at radius 3 is 3.17 bits per heavy atom. The molecule has 0 unspecified atom stereocenters. The normalized spacial score (nSPS) is 16.8.